The highest BCUT2D eigenvalue weighted by Gasteiger charge is 2.17. The van der Waals surface area contributed by atoms with E-state index >= 15 is 0 Å². The summed E-state index contributed by atoms with van der Waals surface area (Å²) in [5, 5.41) is 2.57. The van der Waals surface area contributed by atoms with Crippen LogP contribution >= 0.6 is 0 Å². The third kappa shape index (κ3) is 3.82. The van der Waals surface area contributed by atoms with E-state index in [0.717, 1.165) is 5.56 Å². The summed E-state index contributed by atoms with van der Waals surface area (Å²) < 4.78 is 29.5. The Kier molecular flexibility index (Phi) is 4.28. The summed E-state index contributed by atoms with van der Waals surface area (Å²) in [6, 6.07) is 12.7. The van der Waals surface area contributed by atoms with Gasteiger partial charge in [-0.2, -0.15) is 8.42 Å². The van der Waals surface area contributed by atoms with Crippen LogP contribution in [0.3, 0.4) is 0 Å². The van der Waals surface area contributed by atoms with E-state index in [-0.39, 0.29) is 10.8 Å². The Morgan fingerprint density at radius 3 is 2.24 bits per heavy atom. The quantitative estimate of drug-likeness (QED) is 0.882. The Morgan fingerprint density at radius 1 is 1.05 bits per heavy atom. The number of carbonyl (C=O) groups excluding carboxylic acids is 1. The first-order chi connectivity index (χ1) is 9.88. The molecule has 1 amide bonds. The number of hydrogen-bond acceptors (Lipinski definition) is 4. The van der Waals surface area contributed by atoms with Gasteiger partial charge in [0.15, 0.2) is 0 Å². The largest absolute Gasteiger partial charge is 0.379 e. The second-order valence-electron chi connectivity index (χ2n) is 4.51. The standard InChI is InChI=1S/C15H15NO4S/c1-11-5-3-4-6-15(11)20-21(18,19)14-9-7-13(8-10-14)16-12(2)17/h3-10H,1-2H3,(H,16,17). The van der Waals surface area contributed by atoms with Gasteiger partial charge in [0.2, 0.25) is 5.91 Å². The highest BCUT2D eigenvalue weighted by molar-refractivity contribution is 7.87. The zero-order valence-corrected chi connectivity index (χ0v) is 12.5. The molecule has 6 heteroatoms. The Hall–Kier alpha value is -2.34. The summed E-state index contributed by atoms with van der Waals surface area (Å²) in [5.41, 5.74) is 1.26. The summed E-state index contributed by atoms with van der Waals surface area (Å²) >= 11 is 0. The molecular formula is C15H15NO4S. The number of nitrogens with one attached hydrogen (secondary N) is 1. The van der Waals surface area contributed by atoms with E-state index in [4.69, 9.17) is 4.18 Å². The molecule has 0 aliphatic carbocycles. The van der Waals surface area contributed by atoms with Gasteiger partial charge in [0, 0.05) is 12.6 Å². The summed E-state index contributed by atoms with van der Waals surface area (Å²) in [4.78, 5) is 10.9. The molecular weight excluding hydrogens is 290 g/mol. The number of amides is 1. The van der Waals surface area contributed by atoms with Gasteiger partial charge in [0.1, 0.15) is 10.6 Å². The summed E-state index contributed by atoms with van der Waals surface area (Å²) in [5.74, 6) is 0.0743. The van der Waals surface area contributed by atoms with Crippen molar-refractivity contribution in [1.82, 2.24) is 0 Å². The fourth-order valence-electron chi connectivity index (χ4n) is 1.72. The fraction of sp³-hybridized carbons (Fsp3) is 0.133. The van der Waals surface area contributed by atoms with Gasteiger partial charge in [-0.15, -0.1) is 0 Å². The topological polar surface area (TPSA) is 72.5 Å². The predicted molar refractivity (Wildman–Crippen MR) is 79.7 cm³/mol. The van der Waals surface area contributed by atoms with Crippen molar-refractivity contribution in [3.63, 3.8) is 0 Å². The molecule has 2 aromatic rings. The molecule has 21 heavy (non-hydrogen) atoms. The maximum atomic E-state index is 12.2. The van der Waals surface area contributed by atoms with Gasteiger partial charge in [-0.05, 0) is 42.8 Å². The van der Waals surface area contributed by atoms with Gasteiger partial charge < -0.3 is 9.50 Å². The lowest BCUT2D eigenvalue weighted by Gasteiger charge is -2.09. The van der Waals surface area contributed by atoms with E-state index in [2.05, 4.69) is 5.32 Å². The molecule has 1 N–H and O–H groups in total. The molecule has 0 saturated heterocycles. The predicted octanol–water partition coefficient (Wildman–Crippen LogP) is 2.72. The molecule has 0 saturated carbocycles. The SMILES string of the molecule is CC(=O)Nc1ccc(S(=O)(=O)Oc2ccccc2C)cc1. The second-order valence-corrected chi connectivity index (χ2v) is 6.05. The van der Waals surface area contributed by atoms with Crippen LogP contribution < -0.4 is 9.50 Å². The number of hydrogen-bond donors (Lipinski definition) is 1. The van der Waals surface area contributed by atoms with Crippen molar-refractivity contribution in [1.29, 1.82) is 0 Å². The average molecular weight is 305 g/mol. The van der Waals surface area contributed by atoms with Crippen molar-refractivity contribution in [2.45, 2.75) is 18.7 Å². The van der Waals surface area contributed by atoms with Crippen LogP contribution in [0.5, 0.6) is 5.75 Å². The number of anilines is 1. The second kappa shape index (κ2) is 5.97. The maximum Gasteiger partial charge on any atom is 0.339 e. The molecule has 0 aromatic heterocycles. The monoisotopic (exact) mass is 305 g/mol. The van der Waals surface area contributed by atoms with E-state index in [1.807, 2.05) is 0 Å². The van der Waals surface area contributed by atoms with Crippen LogP contribution in [0.25, 0.3) is 0 Å². The average Bonchev–Trinajstić information content (AvgIpc) is 2.41. The van der Waals surface area contributed by atoms with Gasteiger partial charge in [-0.1, -0.05) is 18.2 Å². The smallest absolute Gasteiger partial charge is 0.339 e. The van der Waals surface area contributed by atoms with Crippen molar-refractivity contribution >= 4 is 21.7 Å². The lowest BCUT2D eigenvalue weighted by atomic mass is 10.2. The summed E-state index contributed by atoms with van der Waals surface area (Å²) in [7, 11) is -3.89. The highest BCUT2D eigenvalue weighted by Crippen LogP contribution is 2.23. The van der Waals surface area contributed by atoms with Crippen molar-refractivity contribution < 1.29 is 17.4 Å². The summed E-state index contributed by atoms with van der Waals surface area (Å²) in [6.07, 6.45) is 0. The molecule has 0 spiro atoms. The first-order valence-corrected chi connectivity index (χ1v) is 7.67. The molecule has 2 rings (SSSR count). The van der Waals surface area contributed by atoms with Crippen LogP contribution in [0, 0.1) is 6.92 Å². The van der Waals surface area contributed by atoms with Crippen molar-refractivity contribution in [2.24, 2.45) is 0 Å². The van der Waals surface area contributed by atoms with E-state index in [1.165, 1.54) is 31.2 Å². The molecule has 0 heterocycles. The lowest BCUT2D eigenvalue weighted by molar-refractivity contribution is -0.114. The van der Waals surface area contributed by atoms with Crippen molar-refractivity contribution in [3.8, 4) is 5.75 Å². The van der Waals surface area contributed by atoms with Crippen molar-refractivity contribution in [3.05, 3.63) is 54.1 Å². The molecule has 5 nitrogen and oxygen atoms in total. The Labute approximate surface area is 123 Å². The molecule has 0 aliphatic heterocycles. The van der Waals surface area contributed by atoms with Gasteiger partial charge in [0.05, 0.1) is 0 Å². The van der Waals surface area contributed by atoms with Gasteiger partial charge >= 0.3 is 10.1 Å². The summed E-state index contributed by atoms with van der Waals surface area (Å²) in [6.45, 7) is 3.15. The molecule has 0 fully saturated rings. The molecule has 2 aromatic carbocycles. The van der Waals surface area contributed by atoms with E-state index in [0.29, 0.717) is 11.4 Å². The van der Waals surface area contributed by atoms with E-state index in [1.54, 1.807) is 31.2 Å². The lowest BCUT2D eigenvalue weighted by Crippen LogP contribution is -2.11. The minimum absolute atomic E-state index is 0.0276. The number of para-hydroxylation sites is 1. The van der Waals surface area contributed by atoms with Crippen LogP contribution in [-0.4, -0.2) is 14.3 Å². The van der Waals surface area contributed by atoms with Crippen molar-refractivity contribution in [2.75, 3.05) is 5.32 Å². The number of rotatable bonds is 4. The molecule has 0 unspecified atom stereocenters. The zero-order chi connectivity index (χ0) is 15.5. The number of aryl methyl sites for hydroxylation is 1. The van der Waals surface area contributed by atoms with Gasteiger partial charge in [-0.25, -0.2) is 0 Å². The molecule has 0 bridgehead atoms. The van der Waals surface area contributed by atoms with Crippen LogP contribution in [0.1, 0.15) is 12.5 Å². The van der Waals surface area contributed by atoms with Crippen LogP contribution in [0.2, 0.25) is 0 Å². The third-order valence-electron chi connectivity index (χ3n) is 2.76. The molecule has 110 valence electrons. The van der Waals surface area contributed by atoms with Gasteiger partial charge in [-0.3, -0.25) is 4.79 Å². The molecule has 0 aliphatic rings. The minimum Gasteiger partial charge on any atom is -0.379 e. The Balaban J connectivity index is 2.24. The first kappa shape index (κ1) is 15.1. The molecule has 0 radical (unpaired) electrons. The van der Waals surface area contributed by atoms with E-state index < -0.39 is 10.1 Å². The minimum atomic E-state index is -3.89. The normalized spacial score (nSPS) is 11.0. The number of benzene rings is 2. The van der Waals surface area contributed by atoms with Gasteiger partial charge in [0.25, 0.3) is 0 Å². The third-order valence-corrected chi connectivity index (χ3v) is 4.00. The van der Waals surface area contributed by atoms with E-state index in [9.17, 15) is 13.2 Å². The van der Waals surface area contributed by atoms with Crippen LogP contribution in [0.15, 0.2) is 53.4 Å². The Bertz CT molecular complexity index is 751. The molecule has 0 atom stereocenters. The Morgan fingerprint density at radius 2 is 1.67 bits per heavy atom. The fourth-order valence-corrected chi connectivity index (χ4v) is 2.71. The first-order valence-electron chi connectivity index (χ1n) is 6.26. The maximum absolute atomic E-state index is 12.2. The zero-order valence-electron chi connectivity index (χ0n) is 11.7. The number of carbonyl (C=O) groups is 1. The highest BCUT2D eigenvalue weighted by atomic mass is 32.2. The van der Waals surface area contributed by atoms with Crippen LogP contribution in [0.4, 0.5) is 5.69 Å². The van der Waals surface area contributed by atoms with Crippen LogP contribution in [-0.2, 0) is 14.9 Å².